The molecule has 4 N–H and O–H groups in total. The number of nitrogens with two attached hydrogens (primary N) is 1. The molecule has 1 aromatic heterocycles. The van der Waals surface area contributed by atoms with E-state index in [4.69, 9.17) is 10.5 Å². The molecule has 0 amide bonds. The molecule has 1 atom stereocenters. The quantitative estimate of drug-likeness (QED) is 0.345. The number of aliphatic hydroxyl groups excluding tert-OH is 1. The van der Waals surface area contributed by atoms with Crippen molar-refractivity contribution >= 4 is 17.7 Å². The molecule has 9 heteroatoms. The van der Waals surface area contributed by atoms with Crippen LogP contribution in [0.15, 0.2) is 18.2 Å². The zero-order chi connectivity index (χ0) is 26.8. The number of carbonyl (C=O) groups is 1. The fourth-order valence-electron chi connectivity index (χ4n) is 4.88. The summed E-state index contributed by atoms with van der Waals surface area (Å²) in [5.41, 5.74) is 8.39. The average molecular weight is 516 g/mol. The number of likely N-dealkylation sites (tertiary alicyclic amines) is 1. The Morgan fingerprint density at radius 1 is 1.30 bits per heavy atom. The van der Waals surface area contributed by atoms with Crippen molar-refractivity contribution in [3.8, 4) is 0 Å². The number of piperidine rings is 1. The van der Waals surface area contributed by atoms with E-state index in [0.29, 0.717) is 41.6 Å². The number of aliphatic hydroxyl groups is 1. The largest absolute Gasteiger partial charge is 0.465 e. The minimum absolute atomic E-state index is 0.0279. The van der Waals surface area contributed by atoms with Crippen LogP contribution in [0.1, 0.15) is 67.8 Å². The Morgan fingerprint density at radius 3 is 2.73 bits per heavy atom. The summed E-state index contributed by atoms with van der Waals surface area (Å²) in [4.78, 5) is 23.3. The molecule has 2 heterocycles. The first kappa shape index (κ1) is 28.8. The molecule has 1 saturated heterocycles. The summed E-state index contributed by atoms with van der Waals surface area (Å²) in [6.07, 6.45) is 5.86. The van der Waals surface area contributed by atoms with Gasteiger partial charge in [-0.3, -0.25) is 4.79 Å². The molecule has 0 radical (unpaired) electrons. The molecule has 0 bridgehead atoms. The number of anilines is 2. The number of benzene rings is 1. The number of aryl methyl sites for hydroxylation is 1. The summed E-state index contributed by atoms with van der Waals surface area (Å²) in [7, 11) is 2.13. The van der Waals surface area contributed by atoms with Gasteiger partial charge in [-0.2, -0.15) is 4.98 Å². The number of ether oxygens (including phenoxy) is 1. The second-order valence-electron chi connectivity index (χ2n) is 10.2. The van der Waals surface area contributed by atoms with Gasteiger partial charge in [0.25, 0.3) is 0 Å². The van der Waals surface area contributed by atoms with Crippen LogP contribution in [0.5, 0.6) is 0 Å². The highest BCUT2D eigenvalue weighted by molar-refractivity contribution is 5.72. The molecule has 0 spiro atoms. The standard InChI is InChI=1S/C28H42FN5O3/c1-4-5-23(10-14-35)32-27-24(19(2)31-28(30)33-27)18-22-7-6-21(16-25(22)29)17-26(36)37-15-11-20-8-12-34(3)13-9-20/h6-7,16,20,23,35H,4-5,8-15,17-18H2,1-3H3,(H3,30,31,32,33). The first-order chi connectivity index (χ1) is 17.8. The Kier molecular flexibility index (Phi) is 11.1. The van der Waals surface area contributed by atoms with Crippen molar-refractivity contribution in [2.75, 3.05) is 44.4 Å². The maximum atomic E-state index is 15.1. The lowest BCUT2D eigenvalue weighted by molar-refractivity contribution is -0.143. The van der Waals surface area contributed by atoms with Crippen molar-refractivity contribution < 1.29 is 19.0 Å². The molecule has 2 aromatic rings. The Bertz CT molecular complexity index is 1020. The van der Waals surface area contributed by atoms with Crippen LogP contribution in [0.25, 0.3) is 0 Å². The van der Waals surface area contributed by atoms with Gasteiger partial charge < -0.3 is 25.8 Å². The Labute approximate surface area is 219 Å². The van der Waals surface area contributed by atoms with E-state index in [2.05, 4.69) is 34.2 Å². The Balaban J connectivity index is 1.61. The van der Waals surface area contributed by atoms with Gasteiger partial charge in [0.1, 0.15) is 11.6 Å². The molecule has 204 valence electrons. The minimum Gasteiger partial charge on any atom is -0.465 e. The van der Waals surface area contributed by atoms with Crippen LogP contribution in [-0.2, 0) is 22.4 Å². The lowest BCUT2D eigenvalue weighted by atomic mass is 9.94. The van der Waals surface area contributed by atoms with Crippen LogP contribution >= 0.6 is 0 Å². The van der Waals surface area contributed by atoms with Crippen molar-refractivity contribution in [1.29, 1.82) is 0 Å². The van der Waals surface area contributed by atoms with E-state index in [1.54, 1.807) is 12.1 Å². The van der Waals surface area contributed by atoms with E-state index in [9.17, 15) is 9.90 Å². The monoisotopic (exact) mass is 515 g/mol. The maximum absolute atomic E-state index is 15.1. The molecule has 0 saturated carbocycles. The lowest BCUT2D eigenvalue weighted by Gasteiger charge is -2.28. The van der Waals surface area contributed by atoms with Gasteiger partial charge in [-0.15, -0.1) is 0 Å². The van der Waals surface area contributed by atoms with Crippen LogP contribution in [0.3, 0.4) is 0 Å². The van der Waals surface area contributed by atoms with Crippen LogP contribution in [0, 0.1) is 18.7 Å². The van der Waals surface area contributed by atoms with Gasteiger partial charge in [0, 0.05) is 30.3 Å². The fourth-order valence-corrected chi connectivity index (χ4v) is 4.88. The third kappa shape index (κ3) is 8.93. The Morgan fingerprint density at radius 2 is 2.05 bits per heavy atom. The first-order valence-corrected chi connectivity index (χ1v) is 13.4. The van der Waals surface area contributed by atoms with Gasteiger partial charge in [0.05, 0.1) is 13.0 Å². The number of nitrogens with zero attached hydrogens (tertiary/aromatic N) is 3. The molecule has 0 aliphatic carbocycles. The van der Waals surface area contributed by atoms with Gasteiger partial charge in [-0.05, 0) is 82.3 Å². The smallest absolute Gasteiger partial charge is 0.310 e. The highest BCUT2D eigenvalue weighted by Gasteiger charge is 2.19. The number of hydrogen-bond donors (Lipinski definition) is 3. The highest BCUT2D eigenvalue weighted by Crippen LogP contribution is 2.25. The van der Waals surface area contributed by atoms with E-state index in [1.165, 1.54) is 6.07 Å². The first-order valence-electron chi connectivity index (χ1n) is 13.4. The molecule has 1 aliphatic rings. The molecule has 37 heavy (non-hydrogen) atoms. The minimum atomic E-state index is -0.390. The summed E-state index contributed by atoms with van der Waals surface area (Å²) < 4.78 is 20.5. The molecule has 1 fully saturated rings. The number of nitrogens with one attached hydrogen (secondary N) is 1. The number of nitrogen functional groups attached to an aromatic ring is 1. The van der Waals surface area contributed by atoms with Crippen LogP contribution in [-0.4, -0.2) is 65.3 Å². The lowest BCUT2D eigenvalue weighted by Crippen LogP contribution is -2.30. The van der Waals surface area contributed by atoms with Crippen molar-refractivity contribution in [2.45, 2.75) is 71.3 Å². The summed E-state index contributed by atoms with van der Waals surface area (Å²) in [6, 6.07) is 4.90. The van der Waals surface area contributed by atoms with Crippen molar-refractivity contribution in [2.24, 2.45) is 5.92 Å². The van der Waals surface area contributed by atoms with Gasteiger partial charge in [0.2, 0.25) is 5.95 Å². The molecule has 1 aromatic carbocycles. The molecule has 3 rings (SSSR count). The summed E-state index contributed by atoms with van der Waals surface area (Å²) >= 11 is 0. The van der Waals surface area contributed by atoms with Crippen LogP contribution < -0.4 is 11.1 Å². The highest BCUT2D eigenvalue weighted by atomic mass is 19.1. The predicted octanol–water partition coefficient (Wildman–Crippen LogP) is 3.88. The van der Waals surface area contributed by atoms with Gasteiger partial charge >= 0.3 is 5.97 Å². The topological polar surface area (TPSA) is 114 Å². The molecule has 1 unspecified atom stereocenters. The normalized spacial score (nSPS) is 15.5. The SMILES string of the molecule is CCCC(CCO)Nc1nc(N)nc(C)c1Cc1ccc(CC(=O)OCCC2CCN(C)CC2)cc1F. The Hall–Kier alpha value is -2.78. The maximum Gasteiger partial charge on any atom is 0.310 e. The number of hydrogen-bond acceptors (Lipinski definition) is 8. The van der Waals surface area contributed by atoms with Crippen LogP contribution in [0.4, 0.5) is 16.2 Å². The van der Waals surface area contributed by atoms with Gasteiger partial charge in [0.15, 0.2) is 0 Å². The van der Waals surface area contributed by atoms with E-state index < -0.39 is 0 Å². The van der Waals surface area contributed by atoms with E-state index in [0.717, 1.165) is 50.8 Å². The average Bonchev–Trinajstić information content (AvgIpc) is 2.84. The third-order valence-corrected chi connectivity index (χ3v) is 7.15. The number of halogens is 1. The van der Waals surface area contributed by atoms with E-state index in [-0.39, 0.29) is 43.2 Å². The molecule has 8 nitrogen and oxygen atoms in total. The van der Waals surface area contributed by atoms with E-state index in [1.807, 2.05) is 6.92 Å². The summed E-state index contributed by atoms with van der Waals surface area (Å²) in [5, 5.41) is 12.8. The zero-order valence-electron chi connectivity index (χ0n) is 22.4. The summed E-state index contributed by atoms with van der Waals surface area (Å²) in [5.74, 6) is 0.586. The number of esters is 1. The van der Waals surface area contributed by atoms with Crippen LogP contribution in [0.2, 0.25) is 0 Å². The fraction of sp³-hybridized carbons (Fsp3) is 0.607. The van der Waals surface area contributed by atoms with Crippen molar-refractivity contribution in [3.05, 3.63) is 46.4 Å². The zero-order valence-corrected chi connectivity index (χ0v) is 22.4. The van der Waals surface area contributed by atoms with Crippen molar-refractivity contribution in [3.63, 3.8) is 0 Å². The molecular weight excluding hydrogens is 473 g/mol. The number of rotatable bonds is 13. The van der Waals surface area contributed by atoms with Gasteiger partial charge in [-0.1, -0.05) is 25.5 Å². The predicted molar refractivity (Wildman–Crippen MR) is 144 cm³/mol. The second-order valence-corrected chi connectivity index (χ2v) is 10.2. The van der Waals surface area contributed by atoms with E-state index >= 15 is 4.39 Å². The van der Waals surface area contributed by atoms with Gasteiger partial charge in [-0.25, -0.2) is 9.37 Å². The molecular formula is C28H42FN5O3. The molecule has 1 aliphatic heterocycles. The number of aromatic nitrogens is 2. The number of carbonyl (C=O) groups excluding carboxylic acids is 1. The third-order valence-electron chi connectivity index (χ3n) is 7.15. The second kappa shape index (κ2) is 14.2. The summed E-state index contributed by atoms with van der Waals surface area (Å²) in [6.45, 7) is 6.55. The van der Waals surface area contributed by atoms with Crippen molar-refractivity contribution in [1.82, 2.24) is 14.9 Å².